The van der Waals surface area contributed by atoms with Crippen molar-refractivity contribution < 1.29 is 21.3 Å². The molecule has 1 heterocycles. The molecule has 0 bridgehead atoms. The van der Waals surface area contributed by atoms with Crippen LogP contribution in [0, 0.1) is 0 Å². The molecule has 10 heteroatoms. The average molecular weight is 325 g/mol. The molecule has 0 saturated heterocycles. The van der Waals surface area contributed by atoms with E-state index in [1.165, 1.54) is 0 Å². The van der Waals surface area contributed by atoms with E-state index in [4.69, 9.17) is 4.42 Å². The first-order valence-electron chi connectivity index (χ1n) is 6.24. The van der Waals surface area contributed by atoms with Gasteiger partial charge in [0.2, 0.25) is 25.8 Å². The van der Waals surface area contributed by atoms with Crippen molar-refractivity contribution in [1.29, 1.82) is 0 Å². The Labute approximate surface area is 118 Å². The van der Waals surface area contributed by atoms with Crippen LogP contribution >= 0.6 is 0 Å². The van der Waals surface area contributed by atoms with Gasteiger partial charge in [-0.3, -0.25) is 0 Å². The van der Waals surface area contributed by atoms with Crippen LogP contribution in [0.5, 0.6) is 0 Å². The van der Waals surface area contributed by atoms with Crippen molar-refractivity contribution in [3.8, 4) is 0 Å². The molecule has 1 rings (SSSR count). The molecule has 0 unspecified atom stereocenters. The molecule has 0 fully saturated rings. The molecule has 8 nitrogen and oxygen atoms in total. The van der Waals surface area contributed by atoms with Crippen LogP contribution in [0.1, 0.15) is 32.1 Å². The summed E-state index contributed by atoms with van der Waals surface area (Å²) in [5.74, 6) is 0.350. The van der Waals surface area contributed by atoms with Gasteiger partial charge < -0.3 is 4.42 Å². The number of aromatic nitrogens is 2. The van der Waals surface area contributed by atoms with Gasteiger partial charge in [0, 0.05) is 19.2 Å². The first-order chi connectivity index (χ1) is 9.24. The number of aryl methyl sites for hydroxylation is 1. The number of sulfone groups is 1. The molecule has 1 aromatic heterocycles. The third-order valence-corrected chi connectivity index (χ3v) is 4.74. The highest BCUT2D eigenvalue weighted by Gasteiger charge is 2.16. The van der Waals surface area contributed by atoms with Crippen LogP contribution in [-0.4, -0.2) is 45.6 Å². The van der Waals surface area contributed by atoms with Gasteiger partial charge in [-0.1, -0.05) is 11.5 Å². The van der Waals surface area contributed by atoms with Crippen LogP contribution < -0.4 is 4.72 Å². The molecular formula is C10H19N3O5S2. The predicted molar refractivity (Wildman–Crippen MR) is 72.4 cm³/mol. The fourth-order valence-electron chi connectivity index (χ4n) is 1.40. The Morgan fingerprint density at radius 1 is 1.10 bits per heavy atom. The van der Waals surface area contributed by atoms with E-state index in [2.05, 4.69) is 14.9 Å². The van der Waals surface area contributed by atoms with Crippen LogP contribution in [0.25, 0.3) is 0 Å². The standard InChI is InChI=1S/C10H19N3O5S2/c1-3-20(16,17)11-8-6-4-5-7-9-12-13-10(18-9)19(2,14)15/h11H,3-8H2,1-2H3. The Morgan fingerprint density at radius 3 is 2.35 bits per heavy atom. The van der Waals surface area contributed by atoms with Crippen LogP contribution in [0.15, 0.2) is 9.64 Å². The summed E-state index contributed by atoms with van der Waals surface area (Å²) >= 11 is 0. The fourth-order valence-corrected chi connectivity index (χ4v) is 2.49. The number of nitrogens with one attached hydrogen (secondary N) is 1. The molecule has 1 aromatic rings. The summed E-state index contributed by atoms with van der Waals surface area (Å²) in [6.45, 7) is 1.98. The molecule has 0 amide bonds. The Bertz CT molecular complexity index is 621. The smallest absolute Gasteiger partial charge is 0.335 e. The lowest BCUT2D eigenvalue weighted by Gasteiger charge is -2.03. The summed E-state index contributed by atoms with van der Waals surface area (Å²) in [4.78, 5) is 0. The average Bonchev–Trinajstić information content (AvgIpc) is 2.82. The van der Waals surface area contributed by atoms with Gasteiger partial charge in [-0.15, -0.1) is 5.10 Å². The maximum atomic E-state index is 11.1. The van der Waals surface area contributed by atoms with E-state index in [0.717, 1.165) is 19.1 Å². The highest BCUT2D eigenvalue weighted by Crippen LogP contribution is 2.09. The summed E-state index contributed by atoms with van der Waals surface area (Å²) in [5, 5.41) is 6.72. The van der Waals surface area contributed by atoms with Gasteiger partial charge >= 0.3 is 5.22 Å². The minimum atomic E-state index is -3.46. The Balaban J connectivity index is 2.24. The van der Waals surface area contributed by atoms with Gasteiger partial charge in [-0.2, -0.15) is 0 Å². The second kappa shape index (κ2) is 7.14. The first kappa shape index (κ1) is 17.1. The minimum Gasteiger partial charge on any atom is -0.413 e. The van der Waals surface area contributed by atoms with Crippen molar-refractivity contribution in [2.45, 2.75) is 37.8 Å². The number of sulfonamides is 1. The summed E-state index contributed by atoms with van der Waals surface area (Å²) in [6.07, 6.45) is 3.68. The van der Waals surface area contributed by atoms with Crippen molar-refractivity contribution >= 4 is 19.9 Å². The van der Waals surface area contributed by atoms with Crippen LogP contribution in [0.3, 0.4) is 0 Å². The first-order valence-corrected chi connectivity index (χ1v) is 9.79. The van der Waals surface area contributed by atoms with E-state index in [9.17, 15) is 16.8 Å². The van der Waals surface area contributed by atoms with Gasteiger partial charge in [0.15, 0.2) is 0 Å². The second-order valence-corrected chi connectivity index (χ2v) is 8.33. The number of hydrogen-bond donors (Lipinski definition) is 1. The van der Waals surface area contributed by atoms with Crippen molar-refractivity contribution in [3.63, 3.8) is 0 Å². The van der Waals surface area contributed by atoms with Gasteiger partial charge in [-0.25, -0.2) is 21.6 Å². The molecular weight excluding hydrogens is 306 g/mol. The largest absolute Gasteiger partial charge is 0.413 e. The summed E-state index contributed by atoms with van der Waals surface area (Å²) in [5.41, 5.74) is 0. The molecule has 0 saturated carbocycles. The molecule has 0 spiro atoms. The normalized spacial score (nSPS) is 12.7. The molecule has 0 atom stereocenters. The molecule has 0 radical (unpaired) electrons. The Kier molecular flexibility index (Phi) is 6.08. The van der Waals surface area contributed by atoms with E-state index >= 15 is 0 Å². The molecule has 0 aliphatic heterocycles. The van der Waals surface area contributed by atoms with E-state index in [-0.39, 0.29) is 16.9 Å². The number of nitrogens with zero attached hydrogens (tertiary/aromatic N) is 2. The van der Waals surface area contributed by atoms with Gasteiger partial charge in [0.1, 0.15) is 0 Å². The van der Waals surface area contributed by atoms with Crippen LogP contribution in [0.2, 0.25) is 0 Å². The van der Waals surface area contributed by atoms with Crippen molar-refractivity contribution in [2.24, 2.45) is 0 Å². The van der Waals surface area contributed by atoms with Crippen molar-refractivity contribution in [2.75, 3.05) is 18.6 Å². The number of hydrogen-bond acceptors (Lipinski definition) is 7. The maximum absolute atomic E-state index is 11.1. The van der Waals surface area contributed by atoms with E-state index < -0.39 is 19.9 Å². The molecule has 20 heavy (non-hydrogen) atoms. The molecule has 116 valence electrons. The number of rotatable bonds is 9. The lowest BCUT2D eigenvalue weighted by Crippen LogP contribution is -2.26. The zero-order valence-corrected chi connectivity index (χ0v) is 13.1. The third-order valence-electron chi connectivity index (χ3n) is 2.53. The number of unbranched alkanes of at least 4 members (excludes halogenated alkanes) is 2. The fraction of sp³-hybridized carbons (Fsp3) is 0.800. The van der Waals surface area contributed by atoms with Gasteiger partial charge in [-0.05, 0) is 19.8 Å². The van der Waals surface area contributed by atoms with E-state index in [1.54, 1.807) is 6.92 Å². The quantitative estimate of drug-likeness (QED) is 0.641. The lowest BCUT2D eigenvalue weighted by atomic mass is 10.2. The lowest BCUT2D eigenvalue weighted by molar-refractivity contribution is 0.392. The zero-order valence-electron chi connectivity index (χ0n) is 11.5. The molecule has 0 aromatic carbocycles. The monoisotopic (exact) mass is 325 g/mol. The Hall–Kier alpha value is -1.00. The van der Waals surface area contributed by atoms with Gasteiger partial charge in [0.25, 0.3) is 0 Å². The zero-order chi connectivity index (χ0) is 15.2. The highest BCUT2D eigenvalue weighted by atomic mass is 32.2. The minimum absolute atomic E-state index is 0.0727. The second-order valence-electron chi connectivity index (χ2n) is 4.34. The Morgan fingerprint density at radius 2 is 1.80 bits per heavy atom. The molecule has 0 aliphatic carbocycles. The summed E-state index contributed by atoms with van der Waals surface area (Å²) in [6, 6.07) is 0. The SMILES string of the molecule is CCS(=O)(=O)NCCCCCc1nnc(S(C)(=O)=O)o1. The third kappa shape index (κ3) is 5.97. The highest BCUT2D eigenvalue weighted by molar-refractivity contribution is 7.90. The summed E-state index contributed by atoms with van der Waals surface area (Å²) in [7, 11) is -6.59. The predicted octanol–water partition coefficient (Wildman–Crippen LogP) is 0.125. The molecule has 0 aliphatic rings. The van der Waals surface area contributed by atoms with E-state index in [1.807, 2.05) is 0 Å². The maximum Gasteiger partial charge on any atom is 0.335 e. The van der Waals surface area contributed by atoms with Gasteiger partial charge in [0.05, 0.1) is 5.75 Å². The van der Waals surface area contributed by atoms with Crippen molar-refractivity contribution in [1.82, 2.24) is 14.9 Å². The van der Waals surface area contributed by atoms with Crippen LogP contribution in [-0.2, 0) is 26.3 Å². The van der Waals surface area contributed by atoms with Crippen LogP contribution in [0.4, 0.5) is 0 Å². The van der Waals surface area contributed by atoms with E-state index in [0.29, 0.717) is 19.4 Å². The summed E-state index contributed by atoms with van der Waals surface area (Å²) < 4.78 is 52.0. The topological polar surface area (TPSA) is 119 Å². The van der Waals surface area contributed by atoms with Crippen molar-refractivity contribution in [3.05, 3.63) is 5.89 Å². The molecule has 1 N–H and O–H groups in total.